The lowest BCUT2D eigenvalue weighted by molar-refractivity contribution is -0.161. The molecule has 174 valence electrons. The monoisotopic (exact) mass is 528 g/mol. The normalized spacial score (nSPS) is 16.5. The number of aromatic nitrogens is 1. The predicted molar refractivity (Wildman–Crippen MR) is 116 cm³/mol. The van der Waals surface area contributed by atoms with Crippen molar-refractivity contribution in [2.45, 2.75) is 29.4 Å². The van der Waals surface area contributed by atoms with Crippen LogP contribution in [0.5, 0.6) is 5.75 Å². The quantitative estimate of drug-likeness (QED) is 0.323. The molecule has 1 saturated heterocycles. The van der Waals surface area contributed by atoms with Gasteiger partial charge in [0.1, 0.15) is 12.4 Å². The highest BCUT2D eigenvalue weighted by Gasteiger charge is 2.32. The van der Waals surface area contributed by atoms with Crippen LogP contribution >= 0.6 is 46.3 Å². The van der Waals surface area contributed by atoms with Gasteiger partial charge in [-0.25, -0.2) is 9.78 Å². The van der Waals surface area contributed by atoms with Gasteiger partial charge in [-0.2, -0.15) is 13.2 Å². The number of benzene rings is 1. The van der Waals surface area contributed by atoms with Gasteiger partial charge in [-0.05, 0) is 24.6 Å². The van der Waals surface area contributed by atoms with Gasteiger partial charge in [0.05, 0.1) is 6.04 Å². The number of thiazole rings is 1. The molecule has 6 nitrogen and oxygen atoms in total. The number of rotatable bonds is 9. The highest BCUT2D eigenvalue weighted by Crippen LogP contribution is 2.28. The first kappa shape index (κ1) is 24.9. The maximum atomic E-state index is 12.2. The molecule has 1 aromatic carbocycles. The SMILES string of the molecule is O=C(OCC(F)(F)F)c1csc(SCCN2C(=O)CC[C@@H]2COc2cc(Cl)cc(Cl)c2)n1. The highest BCUT2D eigenvalue weighted by molar-refractivity contribution is 8.01. The second-order valence-electron chi connectivity index (χ2n) is 6.73. The summed E-state index contributed by atoms with van der Waals surface area (Å²) in [5.74, 6) is -0.100. The van der Waals surface area contributed by atoms with Crippen molar-refractivity contribution in [3.8, 4) is 5.75 Å². The van der Waals surface area contributed by atoms with Crippen molar-refractivity contribution < 1.29 is 32.2 Å². The number of amides is 1. The number of hydrogen-bond acceptors (Lipinski definition) is 7. The zero-order valence-electron chi connectivity index (χ0n) is 16.4. The van der Waals surface area contributed by atoms with Crippen LogP contribution < -0.4 is 4.74 Å². The maximum absolute atomic E-state index is 12.2. The third kappa shape index (κ3) is 7.43. The van der Waals surface area contributed by atoms with E-state index in [4.69, 9.17) is 27.9 Å². The van der Waals surface area contributed by atoms with E-state index in [0.29, 0.717) is 51.9 Å². The van der Waals surface area contributed by atoms with Crippen LogP contribution in [-0.4, -0.2) is 59.5 Å². The number of carbonyl (C=O) groups is 2. The zero-order valence-corrected chi connectivity index (χ0v) is 19.5. The van der Waals surface area contributed by atoms with Crippen molar-refractivity contribution >= 4 is 58.2 Å². The highest BCUT2D eigenvalue weighted by atomic mass is 35.5. The van der Waals surface area contributed by atoms with E-state index in [1.54, 1.807) is 23.1 Å². The Balaban J connectivity index is 1.47. The lowest BCUT2D eigenvalue weighted by Gasteiger charge is -2.24. The number of hydrogen-bond donors (Lipinski definition) is 0. The number of halogens is 5. The van der Waals surface area contributed by atoms with E-state index in [0.717, 1.165) is 11.3 Å². The fourth-order valence-corrected chi connectivity index (χ4v) is 5.26. The molecule has 1 aromatic heterocycles. The van der Waals surface area contributed by atoms with Crippen LogP contribution in [0.2, 0.25) is 10.0 Å². The minimum atomic E-state index is -4.59. The molecule has 1 fully saturated rings. The van der Waals surface area contributed by atoms with E-state index in [2.05, 4.69) is 9.72 Å². The molecule has 32 heavy (non-hydrogen) atoms. The Kier molecular flexibility index (Phi) is 8.54. The van der Waals surface area contributed by atoms with Crippen molar-refractivity contribution in [3.63, 3.8) is 0 Å². The number of carbonyl (C=O) groups excluding carboxylic acids is 2. The van der Waals surface area contributed by atoms with Crippen molar-refractivity contribution in [1.29, 1.82) is 0 Å². The lowest BCUT2D eigenvalue weighted by Crippen LogP contribution is -2.38. The molecule has 0 bridgehead atoms. The van der Waals surface area contributed by atoms with Gasteiger partial charge in [-0.3, -0.25) is 4.79 Å². The summed E-state index contributed by atoms with van der Waals surface area (Å²) >= 11 is 14.4. The summed E-state index contributed by atoms with van der Waals surface area (Å²) in [6.45, 7) is -0.936. The smallest absolute Gasteiger partial charge is 0.422 e. The molecule has 0 spiro atoms. The second-order valence-corrected chi connectivity index (χ2v) is 9.81. The number of nitrogens with zero attached hydrogens (tertiary/aromatic N) is 2. The fourth-order valence-electron chi connectivity index (χ4n) is 2.95. The Hall–Kier alpha value is -1.69. The molecular formula is C19H17Cl2F3N2O4S2. The van der Waals surface area contributed by atoms with Crippen LogP contribution in [0.1, 0.15) is 23.3 Å². The minimum Gasteiger partial charge on any atom is -0.491 e. The molecule has 1 aliphatic rings. The molecule has 0 saturated carbocycles. The van der Waals surface area contributed by atoms with E-state index in [9.17, 15) is 22.8 Å². The molecule has 0 aliphatic carbocycles. The molecule has 0 unspecified atom stereocenters. The second kappa shape index (κ2) is 11.0. The first-order valence-corrected chi connectivity index (χ1v) is 11.9. The summed E-state index contributed by atoms with van der Waals surface area (Å²) in [5.41, 5.74) is -0.176. The molecule has 2 aromatic rings. The Morgan fingerprint density at radius 2 is 2.00 bits per heavy atom. The molecule has 1 amide bonds. The summed E-state index contributed by atoms with van der Waals surface area (Å²) in [4.78, 5) is 29.6. The van der Waals surface area contributed by atoms with Crippen molar-refractivity contribution in [2.24, 2.45) is 0 Å². The van der Waals surface area contributed by atoms with Crippen LogP contribution in [0, 0.1) is 0 Å². The van der Waals surface area contributed by atoms with Gasteiger partial charge in [0.2, 0.25) is 5.91 Å². The molecule has 3 rings (SSSR count). The van der Waals surface area contributed by atoms with Gasteiger partial charge in [0.15, 0.2) is 16.6 Å². The summed E-state index contributed by atoms with van der Waals surface area (Å²) in [5, 5.41) is 2.25. The summed E-state index contributed by atoms with van der Waals surface area (Å²) in [7, 11) is 0. The Morgan fingerprint density at radius 3 is 2.69 bits per heavy atom. The molecule has 13 heteroatoms. The summed E-state index contributed by atoms with van der Waals surface area (Å²) in [6.07, 6.45) is -3.52. The molecule has 1 atom stereocenters. The Bertz CT molecular complexity index is 954. The number of ether oxygens (including phenoxy) is 2. The number of likely N-dealkylation sites (tertiary alicyclic amines) is 1. The van der Waals surface area contributed by atoms with E-state index < -0.39 is 18.8 Å². The number of thioether (sulfide) groups is 1. The number of esters is 1. The first-order chi connectivity index (χ1) is 15.1. The van der Waals surface area contributed by atoms with Crippen molar-refractivity contribution in [2.75, 3.05) is 25.5 Å². The maximum Gasteiger partial charge on any atom is 0.422 e. The van der Waals surface area contributed by atoms with Crippen LogP contribution in [0.15, 0.2) is 27.9 Å². The van der Waals surface area contributed by atoms with Gasteiger partial charge < -0.3 is 14.4 Å². The van der Waals surface area contributed by atoms with Crippen LogP contribution in [0.25, 0.3) is 0 Å². The van der Waals surface area contributed by atoms with Crippen molar-refractivity contribution in [1.82, 2.24) is 9.88 Å². The van der Waals surface area contributed by atoms with Gasteiger partial charge in [0.25, 0.3) is 0 Å². The minimum absolute atomic E-state index is 0.0129. The third-order valence-corrected chi connectivity index (χ3v) is 6.79. The molecule has 0 N–H and O–H groups in total. The molecular weight excluding hydrogens is 512 g/mol. The van der Waals surface area contributed by atoms with Crippen molar-refractivity contribution in [3.05, 3.63) is 39.3 Å². The van der Waals surface area contributed by atoms with E-state index >= 15 is 0 Å². The standard InChI is InChI=1S/C19H17Cl2F3N2O4S2/c20-11-5-12(21)7-14(6-11)29-8-13-1-2-16(27)26(13)3-4-31-18-25-15(9-32-18)17(28)30-10-19(22,23)24/h5-7,9,13H,1-4,8,10H2/t13-/m1/s1. The molecule has 0 radical (unpaired) electrons. The first-order valence-electron chi connectivity index (χ1n) is 9.31. The van der Waals surface area contributed by atoms with E-state index in [-0.39, 0.29) is 17.6 Å². The van der Waals surface area contributed by atoms with E-state index in [1.807, 2.05) is 0 Å². The van der Waals surface area contributed by atoms with Gasteiger partial charge in [-0.1, -0.05) is 35.0 Å². The summed E-state index contributed by atoms with van der Waals surface area (Å²) < 4.78 is 46.9. The van der Waals surface area contributed by atoms with E-state index in [1.165, 1.54) is 17.1 Å². The van der Waals surface area contributed by atoms with Gasteiger partial charge in [0, 0.05) is 34.1 Å². The van der Waals surface area contributed by atoms with Crippen LogP contribution in [0.4, 0.5) is 13.2 Å². The topological polar surface area (TPSA) is 68.7 Å². The lowest BCUT2D eigenvalue weighted by atomic mass is 10.2. The summed E-state index contributed by atoms with van der Waals surface area (Å²) in [6, 6.07) is 4.78. The Labute approximate surface area is 200 Å². The van der Waals surface area contributed by atoms with Gasteiger partial charge >= 0.3 is 12.1 Å². The average Bonchev–Trinajstić information content (AvgIpc) is 3.31. The average molecular weight is 529 g/mol. The molecule has 1 aliphatic heterocycles. The fraction of sp³-hybridized carbons (Fsp3) is 0.421. The van der Waals surface area contributed by atoms with Gasteiger partial charge in [-0.15, -0.1) is 11.3 Å². The zero-order chi connectivity index (χ0) is 23.3. The largest absolute Gasteiger partial charge is 0.491 e. The third-order valence-electron chi connectivity index (χ3n) is 4.35. The predicted octanol–water partition coefficient (Wildman–Crippen LogP) is 5.33. The molecule has 2 heterocycles. The Morgan fingerprint density at radius 1 is 1.28 bits per heavy atom. The van der Waals surface area contributed by atoms with Crippen LogP contribution in [-0.2, 0) is 9.53 Å². The van der Waals surface area contributed by atoms with Crippen LogP contribution in [0.3, 0.4) is 0 Å². The number of alkyl halides is 3.